The summed E-state index contributed by atoms with van der Waals surface area (Å²) in [6.45, 7) is 3.31. The molecule has 0 aliphatic carbocycles. The molecular weight excluding hydrogens is 500 g/mol. The van der Waals surface area contributed by atoms with Gasteiger partial charge < -0.3 is 34.8 Å². The molecule has 3 N–H and O–H groups in total. The van der Waals surface area contributed by atoms with Gasteiger partial charge in [-0.2, -0.15) is 0 Å². The van der Waals surface area contributed by atoms with Gasteiger partial charge in [-0.15, -0.1) is 0 Å². The van der Waals surface area contributed by atoms with Crippen molar-refractivity contribution in [3.05, 3.63) is 53.1 Å². The number of urea groups is 1. The lowest BCUT2D eigenvalue weighted by atomic mass is 10.0. The first-order valence-electron chi connectivity index (χ1n) is 13.2. The minimum Gasteiger partial charge on any atom is -0.478 e. The Hall–Kier alpha value is -4.28. The largest absolute Gasteiger partial charge is 0.478 e. The van der Waals surface area contributed by atoms with E-state index in [4.69, 9.17) is 4.74 Å². The number of hydrogen-bond acceptors (Lipinski definition) is 6. The summed E-state index contributed by atoms with van der Waals surface area (Å²) in [7, 11) is 3.77. The number of imidazole rings is 1. The van der Waals surface area contributed by atoms with E-state index in [0.717, 1.165) is 39.8 Å². The molecule has 0 radical (unpaired) electrons. The number of likely N-dealkylation sites (tertiary alicyclic amines) is 1. The van der Waals surface area contributed by atoms with Crippen LogP contribution in [0, 0.1) is 6.92 Å². The number of ether oxygens (including phenoxy) is 1. The number of fused-ring (bicyclic) bond motifs is 2. The van der Waals surface area contributed by atoms with E-state index >= 15 is 0 Å². The van der Waals surface area contributed by atoms with Gasteiger partial charge in [0.2, 0.25) is 12.1 Å². The molecule has 3 aromatic rings. The predicted octanol–water partition coefficient (Wildman–Crippen LogP) is 3.62. The van der Waals surface area contributed by atoms with Crippen LogP contribution in [0.5, 0.6) is 0 Å². The molecule has 0 saturated carbocycles. The highest BCUT2D eigenvalue weighted by molar-refractivity contribution is 5.91. The molecule has 0 bridgehead atoms. The van der Waals surface area contributed by atoms with Crippen LogP contribution in [0.4, 0.5) is 21.2 Å². The highest BCUT2D eigenvalue weighted by Gasteiger charge is 2.33. The van der Waals surface area contributed by atoms with Gasteiger partial charge in [-0.3, -0.25) is 0 Å². The highest BCUT2D eigenvalue weighted by Crippen LogP contribution is 2.26. The van der Waals surface area contributed by atoms with Gasteiger partial charge in [0.25, 0.3) is 0 Å². The molecule has 0 unspecified atom stereocenters. The van der Waals surface area contributed by atoms with Crippen molar-refractivity contribution in [2.45, 2.75) is 44.8 Å². The van der Waals surface area contributed by atoms with Crippen molar-refractivity contribution in [3.8, 4) is 0 Å². The van der Waals surface area contributed by atoms with Crippen LogP contribution in [0.15, 0.2) is 36.4 Å². The van der Waals surface area contributed by atoms with Crippen LogP contribution >= 0.6 is 0 Å². The molecule has 2 aliphatic rings. The van der Waals surface area contributed by atoms with Gasteiger partial charge in [-0.25, -0.2) is 19.4 Å². The number of amides is 3. The zero-order chi connectivity index (χ0) is 27.7. The number of nitrogens with one attached hydrogen (secondary N) is 2. The summed E-state index contributed by atoms with van der Waals surface area (Å²) in [5, 5.41) is 12.8. The van der Waals surface area contributed by atoms with E-state index in [-0.39, 0.29) is 18.5 Å². The Bertz CT molecular complexity index is 1390. The van der Waals surface area contributed by atoms with Gasteiger partial charge in [0.15, 0.2) is 0 Å². The molecule has 3 heterocycles. The van der Waals surface area contributed by atoms with Crippen LogP contribution in [-0.2, 0) is 22.4 Å². The van der Waals surface area contributed by atoms with Crippen molar-refractivity contribution in [1.82, 2.24) is 19.8 Å². The number of carboxylic acid groups (broad SMARTS) is 1. The minimum absolute atomic E-state index is 0.00533. The Morgan fingerprint density at radius 3 is 2.64 bits per heavy atom. The fourth-order valence-electron chi connectivity index (χ4n) is 5.36. The van der Waals surface area contributed by atoms with E-state index in [1.807, 2.05) is 67.2 Å². The number of carboxylic acids is 1. The molecule has 1 saturated heterocycles. The molecule has 1 fully saturated rings. The molecule has 5 rings (SSSR count). The second kappa shape index (κ2) is 10.8. The van der Waals surface area contributed by atoms with Crippen molar-refractivity contribution >= 4 is 40.8 Å². The smallest absolute Gasteiger partial charge is 0.410 e. The molecule has 1 aromatic heterocycles. The monoisotopic (exact) mass is 534 g/mol. The molecule has 2 aliphatic heterocycles. The minimum atomic E-state index is -1.32. The van der Waals surface area contributed by atoms with E-state index in [1.165, 1.54) is 4.90 Å². The number of aromatic amines is 1. The number of aromatic nitrogens is 2. The normalized spacial score (nSPS) is 16.8. The van der Waals surface area contributed by atoms with Crippen molar-refractivity contribution < 1.29 is 24.2 Å². The highest BCUT2D eigenvalue weighted by atomic mass is 16.6. The van der Waals surface area contributed by atoms with E-state index in [1.54, 1.807) is 0 Å². The molecule has 11 heteroatoms. The summed E-state index contributed by atoms with van der Waals surface area (Å²) in [6.07, 6.45) is 0.0136. The van der Waals surface area contributed by atoms with Crippen LogP contribution in [0.1, 0.15) is 29.5 Å². The van der Waals surface area contributed by atoms with Gasteiger partial charge in [0, 0.05) is 51.9 Å². The Morgan fingerprint density at radius 2 is 1.92 bits per heavy atom. The van der Waals surface area contributed by atoms with Gasteiger partial charge in [-0.1, -0.05) is 24.3 Å². The van der Waals surface area contributed by atoms with Crippen LogP contribution in [0.3, 0.4) is 0 Å². The van der Waals surface area contributed by atoms with Gasteiger partial charge in [-0.05, 0) is 55.0 Å². The number of carbonyl (C=O) groups excluding carboxylic acids is 2. The van der Waals surface area contributed by atoms with Crippen molar-refractivity contribution in [3.63, 3.8) is 0 Å². The van der Waals surface area contributed by atoms with Crippen molar-refractivity contribution in [1.29, 1.82) is 0 Å². The first kappa shape index (κ1) is 26.3. The quantitative estimate of drug-likeness (QED) is 0.440. The number of aliphatic carboxylic acids is 1. The number of para-hydroxylation sites is 1. The Kier molecular flexibility index (Phi) is 7.32. The number of hydrogen-bond donors (Lipinski definition) is 3. The molecule has 2 aromatic carbocycles. The molecule has 11 nitrogen and oxygen atoms in total. The third-order valence-electron chi connectivity index (χ3n) is 7.51. The van der Waals surface area contributed by atoms with Gasteiger partial charge in [0.1, 0.15) is 0 Å². The lowest BCUT2D eigenvalue weighted by molar-refractivity contribution is -0.147. The number of H-pyrrole nitrogens is 1. The summed E-state index contributed by atoms with van der Waals surface area (Å²) < 4.78 is 5.47. The maximum atomic E-state index is 12.9. The number of carbonyl (C=O) groups is 3. The van der Waals surface area contributed by atoms with E-state index < -0.39 is 18.2 Å². The Balaban J connectivity index is 1.19. The number of piperidine rings is 1. The average Bonchev–Trinajstić information content (AvgIpc) is 3.27. The van der Waals surface area contributed by atoms with Crippen molar-refractivity contribution in [2.24, 2.45) is 0 Å². The van der Waals surface area contributed by atoms with Crippen LogP contribution in [0.2, 0.25) is 0 Å². The third kappa shape index (κ3) is 5.62. The fourth-order valence-corrected chi connectivity index (χ4v) is 5.36. The zero-order valence-electron chi connectivity index (χ0n) is 22.4. The Morgan fingerprint density at radius 1 is 1.18 bits per heavy atom. The first-order valence-corrected chi connectivity index (χ1v) is 13.2. The molecule has 39 heavy (non-hydrogen) atoms. The summed E-state index contributed by atoms with van der Waals surface area (Å²) in [5.74, 6) is -0.496. The second-order valence-corrected chi connectivity index (χ2v) is 10.4. The first-order chi connectivity index (χ1) is 18.7. The van der Waals surface area contributed by atoms with Gasteiger partial charge >= 0.3 is 18.1 Å². The third-order valence-corrected chi connectivity index (χ3v) is 7.51. The maximum Gasteiger partial charge on any atom is 0.410 e. The molecular formula is C28H34N6O5. The summed E-state index contributed by atoms with van der Waals surface area (Å²) in [4.78, 5) is 50.9. The lowest BCUT2D eigenvalue weighted by Gasteiger charge is -2.37. The average molecular weight is 535 g/mol. The summed E-state index contributed by atoms with van der Waals surface area (Å²) in [5.41, 5.74) is 5.22. The van der Waals surface area contributed by atoms with Crippen LogP contribution in [0.25, 0.3) is 11.0 Å². The SMILES string of the molecule is Cc1cc(C[C@@H](OC(=O)N2CCC(N3CCc4ccccc4NC3=O)CC2)C(=O)O)cc2nc(N(C)C)[nH]c12. The van der Waals surface area contributed by atoms with Crippen LogP contribution < -0.4 is 10.2 Å². The Labute approximate surface area is 226 Å². The van der Waals surface area contributed by atoms with Gasteiger partial charge in [0.05, 0.1) is 11.0 Å². The second-order valence-electron chi connectivity index (χ2n) is 10.4. The maximum absolute atomic E-state index is 12.9. The number of aryl methyl sites for hydroxylation is 1. The van der Waals surface area contributed by atoms with Crippen LogP contribution in [-0.4, -0.2) is 88.8 Å². The predicted molar refractivity (Wildman–Crippen MR) is 147 cm³/mol. The van der Waals surface area contributed by atoms with E-state index in [2.05, 4.69) is 15.3 Å². The zero-order valence-corrected chi connectivity index (χ0v) is 22.4. The summed E-state index contributed by atoms with van der Waals surface area (Å²) >= 11 is 0. The molecule has 3 amide bonds. The number of rotatable bonds is 6. The fraction of sp³-hybridized carbons (Fsp3) is 0.429. The van der Waals surface area contributed by atoms with E-state index in [9.17, 15) is 19.5 Å². The standard InChI is InChI=1S/C28H34N6O5/c1-17-14-18(15-22-24(17)31-26(29-22)32(2)3)16-23(25(35)36)39-28(38)33-11-9-20(10-12-33)34-13-8-19-6-4-5-7-21(19)30-27(34)37/h4-7,14-15,20,23H,8-13,16H2,1-3H3,(H,29,31)(H,30,37)(H,35,36)/t23-/m1/s1. The molecule has 1 atom stereocenters. The topological polar surface area (TPSA) is 131 Å². The van der Waals surface area contributed by atoms with E-state index in [0.29, 0.717) is 38.4 Å². The number of nitrogens with zero attached hydrogens (tertiary/aromatic N) is 4. The molecule has 206 valence electrons. The number of benzene rings is 2. The number of anilines is 2. The summed E-state index contributed by atoms with van der Waals surface area (Å²) in [6, 6.07) is 11.4. The van der Waals surface area contributed by atoms with Crippen molar-refractivity contribution in [2.75, 3.05) is 43.9 Å². The lowest BCUT2D eigenvalue weighted by Crippen LogP contribution is -2.50. The molecule has 0 spiro atoms.